The van der Waals surface area contributed by atoms with Crippen LogP contribution in [0.4, 0.5) is 11.4 Å². The molecule has 2 aromatic carbocycles. The zero-order valence-corrected chi connectivity index (χ0v) is 18.8. The molecule has 1 atom stereocenters. The van der Waals surface area contributed by atoms with Crippen LogP contribution >= 0.6 is 0 Å². The molecule has 2 N–H and O–H groups in total. The van der Waals surface area contributed by atoms with Crippen molar-refractivity contribution < 1.29 is 33.8 Å². The summed E-state index contributed by atoms with van der Waals surface area (Å²) >= 11 is 0. The fourth-order valence-corrected chi connectivity index (χ4v) is 4.42. The number of aliphatic hydroxyl groups excluding tert-OH is 1. The monoisotopic (exact) mass is 474 g/mol. The molecule has 5 rings (SSSR count). The summed E-state index contributed by atoms with van der Waals surface area (Å²) in [4.78, 5) is 40.6. The third kappa shape index (κ3) is 3.90. The molecule has 178 valence electrons. The van der Waals surface area contributed by atoms with Crippen LogP contribution in [0.5, 0.6) is 5.75 Å². The summed E-state index contributed by atoms with van der Waals surface area (Å²) < 4.78 is 11.2. The molecule has 1 fully saturated rings. The van der Waals surface area contributed by atoms with Crippen molar-refractivity contribution in [3.8, 4) is 5.75 Å². The van der Waals surface area contributed by atoms with E-state index in [4.69, 9.17) is 14.3 Å². The van der Waals surface area contributed by atoms with Crippen LogP contribution in [-0.4, -0.2) is 48.1 Å². The smallest absolute Gasteiger partial charge is 0.307 e. The van der Waals surface area contributed by atoms with Crippen molar-refractivity contribution in [1.82, 2.24) is 0 Å². The van der Waals surface area contributed by atoms with E-state index in [0.717, 1.165) is 5.69 Å². The first-order valence-corrected chi connectivity index (χ1v) is 11.0. The molecule has 9 heteroatoms. The molecule has 2 aliphatic rings. The number of benzene rings is 2. The van der Waals surface area contributed by atoms with Crippen molar-refractivity contribution >= 4 is 34.8 Å². The number of carboxylic acids is 1. The van der Waals surface area contributed by atoms with Gasteiger partial charge in [-0.25, -0.2) is 0 Å². The van der Waals surface area contributed by atoms with E-state index in [1.54, 1.807) is 54.6 Å². The normalized spacial score (nSPS) is 18.9. The minimum Gasteiger partial charge on any atom is -0.507 e. The van der Waals surface area contributed by atoms with Crippen LogP contribution in [0, 0.1) is 0 Å². The standard InChI is InChI=1S/C26H22N2O7/c1-27-10-12-35-19-9-6-16(14-18(19)27)24(31)22-23(20-3-2-11-34-20)28(26(33)25(22)32)17-7-4-15(5-8-17)13-21(29)30/h2-9,11,14,23,31H,10,12-13H2,1H3,(H,29,30)/b24-22-. The van der Waals surface area contributed by atoms with Gasteiger partial charge in [-0.2, -0.15) is 0 Å². The van der Waals surface area contributed by atoms with E-state index in [1.807, 2.05) is 11.9 Å². The quantitative estimate of drug-likeness (QED) is 0.328. The first-order chi connectivity index (χ1) is 16.8. The van der Waals surface area contributed by atoms with Gasteiger partial charge < -0.3 is 24.3 Å². The van der Waals surface area contributed by atoms with Gasteiger partial charge in [-0.15, -0.1) is 0 Å². The van der Waals surface area contributed by atoms with E-state index in [-0.39, 0.29) is 17.8 Å². The molecule has 35 heavy (non-hydrogen) atoms. The van der Waals surface area contributed by atoms with Gasteiger partial charge in [-0.3, -0.25) is 19.3 Å². The van der Waals surface area contributed by atoms with Crippen LogP contribution in [0.25, 0.3) is 5.76 Å². The molecule has 0 saturated carbocycles. The predicted octanol–water partition coefficient (Wildman–Crippen LogP) is 3.36. The van der Waals surface area contributed by atoms with E-state index in [9.17, 15) is 19.5 Å². The summed E-state index contributed by atoms with van der Waals surface area (Å²) in [6, 6.07) is 13.7. The Hall–Kier alpha value is -4.53. The van der Waals surface area contributed by atoms with Gasteiger partial charge in [-0.1, -0.05) is 12.1 Å². The lowest BCUT2D eigenvalue weighted by Crippen LogP contribution is -2.29. The van der Waals surface area contributed by atoms with Gasteiger partial charge in [0.25, 0.3) is 11.7 Å². The number of carbonyl (C=O) groups excluding carboxylic acids is 2. The summed E-state index contributed by atoms with van der Waals surface area (Å²) in [5, 5.41) is 20.3. The maximum Gasteiger partial charge on any atom is 0.307 e. The molecule has 1 amide bonds. The molecule has 0 radical (unpaired) electrons. The van der Waals surface area contributed by atoms with E-state index in [0.29, 0.717) is 41.5 Å². The Bertz CT molecular complexity index is 1340. The Balaban J connectivity index is 1.61. The molecule has 0 bridgehead atoms. The van der Waals surface area contributed by atoms with Crippen molar-refractivity contribution in [3.63, 3.8) is 0 Å². The number of aliphatic hydroxyl groups is 1. The van der Waals surface area contributed by atoms with Gasteiger partial charge in [0.15, 0.2) is 0 Å². The Morgan fingerprint density at radius 2 is 1.86 bits per heavy atom. The number of furan rings is 1. The minimum absolute atomic E-state index is 0.0982. The van der Waals surface area contributed by atoms with Crippen LogP contribution < -0.4 is 14.5 Å². The number of aliphatic carboxylic acids is 1. The molecule has 9 nitrogen and oxygen atoms in total. The number of nitrogens with zero attached hydrogens (tertiary/aromatic N) is 2. The highest BCUT2D eigenvalue weighted by atomic mass is 16.5. The molecule has 2 aliphatic heterocycles. The SMILES string of the molecule is CN1CCOc2ccc(/C(O)=C3/C(=O)C(=O)N(c4ccc(CC(=O)O)cc4)C3c3ccco3)cc21. The zero-order chi connectivity index (χ0) is 24.7. The number of rotatable bonds is 5. The highest BCUT2D eigenvalue weighted by Crippen LogP contribution is 2.43. The topological polar surface area (TPSA) is 121 Å². The van der Waals surface area contributed by atoms with Gasteiger partial charge in [0.1, 0.15) is 29.9 Å². The lowest BCUT2D eigenvalue weighted by Gasteiger charge is -2.28. The van der Waals surface area contributed by atoms with Gasteiger partial charge in [0.2, 0.25) is 0 Å². The summed E-state index contributed by atoms with van der Waals surface area (Å²) in [7, 11) is 1.90. The average molecular weight is 474 g/mol. The van der Waals surface area contributed by atoms with Crippen LogP contribution in [0.15, 0.2) is 70.9 Å². The number of anilines is 2. The zero-order valence-electron chi connectivity index (χ0n) is 18.8. The maximum absolute atomic E-state index is 13.2. The second-order valence-corrected chi connectivity index (χ2v) is 8.37. The van der Waals surface area contributed by atoms with E-state index < -0.39 is 23.7 Å². The summed E-state index contributed by atoms with van der Waals surface area (Å²) in [6.07, 6.45) is 1.26. The fraction of sp³-hybridized carbons (Fsp3) is 0.192. The number of hydrogen-bond donors (Lipinski definition) is 2. The van der Waals surface area contributed by atoms with Crippen LogP contribution in [0.3, 0.4) is 0 Å². The Morgan fingerprint density at radius 1 is 1.09 bits per heavy atom. The number of Topliss-reactive ketones (excluding diaryl/α,β-unsaturated/α-hetero) is 1. The van der Waals surface area contributed by atoms with E-state index in [2.05, 4.69) is 0 Å². The predicted molar refractivity (Wildman–Crippen MR) is 126 cm³/mol. The molecule has 0 aliphatic carbocycles. The first kappa shape index (κ1) is 22.3. The van der Waals surface area contributed by atoms with Gasteiger partial charge >= 0.3 is 5.97 Å². The van der Waals surface area contributed by atoms with Crippen molar-refractivity contribution in [2.24, 2.45) is 0 Å². The Labute approximate surface area is 200 Å². The molecule has 3 aromatic rings. The number of hydrogen-bond acceptors (Lipinski definition) is 7. The summed E-state index contributed by atoms with van der Waals surface area (Å²) in [5.74, 6) is -2.00. The molecule has 1 unspecified atom stereocenters. The number of likely N-dealkylation sites (N-methyl/N-ethyl adjacent to an activating group) is 1. The molecular formula is C26H22N2O7. The number of amides is 1. The molecule has 0 spiro atoms. The molecular weight excluding hydrogens is 452 g/mol. The Kier molecular flexibility index (Phi) is 5.52. The second kappa shape index (κ2) is 8.68. The lowest BCUT2D eigenvalue weighted by atomic mass is 9.98. The second-order valence-electron chi connectivity index (χ2n) is 8.37. The van der Waals surface area contributed by atoms with Crippen LogP contribution in [0.2, 0.25) is 0 Å². The third-order valence-corrected chi connectivity index (χ3v) is 6.15. The summed E-state index contributed by atoms with van der Waals surface area (Å²) in [5.41, 5.74) is 1.96. The fourth-order valence-electron chi connectivity index (χ4n) is 4.42. The molecule has 3 heterocycles. The average Bonchev–Trinajstić information content (AvgIpc) is 3.46. The van der Waals surface area contributed by atoms with E-state index in [1.165, 1.54) is 11.2 Å². The third-order valence-electron chi connectivity index (χ3n) is 6.15. The summed E-state index contributed by atoms with van der Waals surface area (Å²) in [6.45, 7) is 1.22. The van der Waals surface area contributed by atoms with Gasteiger partial charge in [0.05, 0.1) is 30.5 Å². The van der Waals surface area contributed by atoms with Gasteiger partial charge in [0, 0.05) is 18.3 Å². The first-order valence-electron chi connectivity index (χ1n) is 11.0. The van der Waals surface area contributed by atoms with Crippen molar-refractivity contribution in [2.45, 2.75) is 12.5 Å². The largest absolute Gasteiger partial charge is 0.507 e. The lowest BCUT2D eigenvalue weighted by molar-refractivity contribution is -0.136. The molecule has 1 aromatic heterocycles. The van der Waals surface area contributed by atoms with Crippen LogP contribution in [0.1, 0.15) is 22.9 Å². The number of ether oxygens (including phenoxy) is 1. The van der Waals surface area contributed by atoms with Crippen LogP contribution in [-0.2, 0) is 20.8 Å². The maximum atomic E-state index is 13.2. The van der Waals surface area contributed by atoms with Gasteiger partial charge in [-0.05, 0) is 48.0 Å². The van der Waals surface area contributed by atoms with Crippen molar-refractivity contribution in [1.29, 1.82) is 0 Å². The minimum atomic E-state index is -1.000. The number of fused-ring (bicyclic) bond motifs is 1. The molecule has 1 saturated heterocycles. The number of carboxylic acid groups (broad SMARTS) is 1. The Morgan fingerprint density at radius 3 is 2.54 bits per heavy atom. The highest BCUT2D eigenvalue weighted by molar-refractivity contribution is 6.51. The van der Waals surface area contributed by atoms with E-state index >= 15 is 0 Å². The van der Waals surface area contributed by atoms with Crippen molar-refractivity contribution in [2.75, 3.05) is 30.0 Å². The highest BCUT2D eigenvalue weighted by Gasteiger charge is 2.48. The number of carbonyl (C=O) groups is 3. The number of ketones is 1. The van der Waals surface area contributed by atoms with Crippen molar-refractivity contribution in [3.05, 3.63) is 83.3 Å².